The maximum atomic E-state index is 12.7. The lowest BCUT2D eigenvalue weighted by Crippen LogP contribution is -2.50. The van der Waals surface area contributed by atoms with Gasteiger partial charge in [-0.1, -0.05) is 0 Å². The Morgan fingerprint density at radius 1 is 1.00 bits per heavy atom. The number of carbonyl (C=O) groups is 3. The summed E-state index contributed by atoms with van der Waals surface area (Å²) in [6.07, 6.45) is 2.60. The van der Waals surface area contributed by atoms with Gasteiger partial charge in [0.1, 0.15) is 0 Å². The minimum Gasteiger partial charge on any atom is -0.450 e. The molecule has 0 aromatic carbocycles. The largest absolute Gasteiger partial charge is 0.450 e. The predicted octanol–water partition coefficient (Wildman–Crippen LogP) is 1.48. The molecule has 0 atom stereocenters. The van der Waals surface area contributed by atoms with Gasteiger partial charge in [-0.05, 0) is 26.8 Å². The first-order valence-corrected chi connectivity index (χ1v) is 8.97. The van der Waals surface area contributed by atoms with E-state index >= 15 is 0 Å². The molecule has 8 nitrogen and oxygen atoms in total. The van der Waals surface area contributed by atoms with Gasteiger partial charge >= 0.3 is 6.09 Å². The summed E-state index contributed by atoms with van der Waals surface area (Å²) in [4.78, 5) is 45.9. The van der Waals surface area contributed by atoms with Crippen molar-refractivity contribution in [2.75, 3.05) is 45.9 Å². The average molecular weight is 362 g/mol. The Balaban J connectivity index is 2.03. The van der Waals surface area contributed by atoms with Gasteiger partial charge in [-0.2, -0.15) is 0 Å². The zero-order chi connectivity index (χ0) is 19.1. The Kier molecular flexibility index (Phi) is 6.94. The highest BCUT2D eigenvalue weighted by Crippen LogP contribution is 2.12. The molecule has 8 heteroatoms. The molecule has 0 saturated carbocycles. The molecular formula is C18H26N4O4. The van der Waals surface area contributed by atoms with Crippen LogP contribution in [-0.2, 0) is 4.74 Å². The van der Waals surface area contributed by atoms with E-state index in [2.05, 4.69) is 4.98 Å². The zero-order valence-electron chi connectivity index (χ0n) is 15.6. The normalized spacial score (nSPS) is 14.1. The number of hydrogen-bond acceptors (Lipinski definition) is 5. The van der Waals surface area contributed by atoms with Gasteiger partial charge in [0.25, 0.3) is 11.8 Å². The van der Waals surface area contributed by atoms with E-state index in [0.29, 0.717) is 57.0 Å². The van der Waals surface area contributed by atoms with Crippen LogP contribution in [0, 0.1) is 0 Å². The summed E-state index contributed by atoms with van der Waals surface area (Å²) in [6.45, 7) is 8.81. The van der Waals surface area contributed by atoms with Gasteiger partial charge in [-0.25, -0.2) is 4.79 Å². The minimum absolute atomic E-state index is 0.135. The molecule has 1 aromatic heterocycles. The molecule has 1 aromatic rings. The van der Waals surface area contributed by atoms with Crippen molar-refractivity contribution < 1.29 is 19.1 Å². The summed E-state index contributed by atoms with van der Waals surface area (Å²) in [5, 5.41) is 0. The molecule has 1 aliphatic rings. The predicted molar refractivity (Wildman–Crippen MR) is 96.0 cm³/mol. The van der Waals surface area contributed by atoms with Crippen molar-refractivity contribution in [1.82, 2.24) is 19.7 Å². The summed E-state index contributed by atoms with van der Waals surface area (Å²) < 4.78 is 4.98. The molecule has 0 unspecified atom stereocenters. The zero-order valence-corrected chi connectivity index (χ0v) is 15.6. The quantitative estimate of drug-likeness (QED) is 0.792. The fourth-order valence-corrected chi connectivity index (χ4v) is 2.86. The lowest BCUT2D eigenvalue weighted by molar-refractivity contribution is 0.0570. The molecule has 2 rings (SSSR count). The highest BCUT2D eigenvalue weighted by Gasteiger charge is 2.26. The molecule has 0 aliphatic carbocycles. The molecule has 142 valence electrons. The maximum Gasteiger partial charge on any atom is 0.409 e. The lowest BCUT2D eigenvalue weighted by Gasteiger charge is -2.34. The van der Waals surface area contributed by atoms with Crippen LogP contribution < -0.4 is 0 Å². The van der Waals surface area contributed by atoms with Crippen LogP contribution in [-0.4, -0.2) is 83.5 Å². The molecule has 0 spiro atoms. The number of piperazine rings is 1. The number of nitrogens with zero attached hydrogens (tertiary/aromatic N) is 4. The molecule has 26 heavy (non-hydrogen) atoms. The molecule has 0 bridgehead atoms. The summed E-state index contributed by atoms with van der Waals surface area (Å²) in [6, 6.07) is 1.59. The van der Waals surface area contributed by atoms with Gasteiger partial charge in [0.05, 0.1) is 17.7 Å². The van der Waals surface area contributed by atoms with Crippen molar-refractivity contribution >= 4 is 17.9 Å². The van der Waals surface area contributed by atoms with E-state index in [1.54, 1.807) is 27.7 Å². The highest BCUT2D eigenvalue weighted by atomic mass is 16.6. The molecule has 0 N–H and O–H groups in total. The van der Waals surface area contributed by atoms with E-state index in [9.17, 15) is 14.4 Å². The Morgan fingerprint density at radius 3 is 2.15 bits per heavy atom. The third kappa shape index (κ3) is 4.50. The van der Waals surface area contributed by atoms with Crippen molar-refractivity contribution in [3.63, 3.8) is 0 Å². The maximum absolute atomic E-state index is 12.7. The first-order chi connectivity index (χ1) is 12.5. The monoisotopic (exact) mass is 362 g/mol. The number of carbonyl (C=O) groups excluding carboxylic acids is 3. The topological polar surface area (TPSA) is 83.0 Å². The second-order valence-electron chi connectivity index (χ2n) is 5.92. The highest BCUT2D eigenvalue weighted by molar-refractivity contribution is 5.99. The summed E-state index contributed by atoms with van der Waals surface area (Å²) in [5.41, 5.74) is 0.789. The summed E-state index contributed by atoms with van der Waals surface area (Å²) >= 11 is 0. The van der Waals surface area contributed by atoms with Crippen molar-refractivity contribution in [1.29, 1.82) is 0 Å². The van der Waals surface area contributed by atoms with Gasteiger partial charge < -0.3 is 19.4 Å². The van der Waals surface area contributed by atoms with E-state index in [1.165, 1.54) is 12.4 Å². The Morgan fingerprint density at radius 2 is 1.58 bits per heavy atom. The van der Waals surface area contributed by atoms with Gasteiger partial charge in [0.15, 0.2) is 0 Å². The molecule has 1 fully saturated rings. The SMILES string of the molecule is CCOC(=O)N1CCN(C(=O)c2cncc(C(=O)N(CC)CC)c2)CC1. The van der Waals surface area contributed by atoms with Crippen LogP contribution in [0.4, 0.5) is 4.79 Å². The minimum atomic E-state index is -0.354. The molecule has 0 radical (unpaired) electrons. The third-order valence-electron chi connectivity index (χ3n) is 4.38. The summed E-state index contributed by atoms with van der Waals surface area (Å²) in [5.74, 6) is -0.320. The van der Waals surface area contributed by atoms with E-state index < -0.39 is 0 Å². The van der Waals surface area contributed by atoms with Crippen LogP contribution in [0.3, 0.4) is 0 Å². The lowest BCUT2D eigenvalue weighted by atomic mass is 10.1. The fourth-order valence-electron chi connectivity index (χ4n) is 2.86. The molecule has 3 amide bonds. The molecule has 1 saturated heterocycles. The second-order valence-corrected chi connectivity index (χ2v) is 5.92. The number of hydrogen-bond donors (Lipinski definition) is 0. The van der Waals surface area contributed by atoms with E-state index in [4.69, 9.17) is 4.74 Å². The summed E-state index contributed by atoms with van der Waals surface area (Å²) in [7, 11) is 0. The smallest absolute Gasteiger partial charge is 0.409 e. The van der Waals surface area contributed by atoms with Crippen LogP contribution >= 0.6 is 0 Å². The van der Waals surface area contributed by atoms with Crippen LogP contribution in [0.25, 0.3) is 0 Å². The van der Waals surface area contributed by atoms with Gasteiger partial charge in [-0.15, -0.1) is 0 Å². The van der Waals surface area contributed by atoms with Crippen LogP contribution in [0.2, 0.25) is 0 Å². The van der Waals surface area contributed by atoms with Crippen molar-refractivity contribution in [2.45, 2.75) is 20.8 Å². The Hall–Kier alpha value is -2.64. The van der Waals surface area contributed by atoms with E-state index in [0.717, 1.165) is 0 Å². The van der Waals surface area contributed by atoms with Gasteiger partial charge in [0.2, 0.25) is 0 Å². The second kappa shape index (κ2) is 9.17. The first-order valence-electron chi connectivity index (χ1n) is 8.97. The first kappa shape index (κ1) is 19.7. The number of ether oxygens (including phenoxy) is 1. The number of pyridine rings is 1. The molecular weight excluding hydrogens is 336 g/mol. The number of aromatic nitrogens is 1. The van der Waals surface area contributed by atoms with Crippen molar-refractivity contribution in [3.05, 3.63) is 29.6 Å². The Bertz CT molecular complexity index is 652. The molecule has 2 heterocycles. The van der Waals surface area contributed by atoms with Crippen LogP contribution in [0.1, 0.15) is 41.5 Å². The van der Waals surface area contributed by atoms with Crippen LogP contribution in [0.15, 0.2) is 18.5 Å². The van der Waals surface area contributed by atoms with Gasteiger partial charge in [0, 0.05) is 51.7 Å². The Labute approximate surface area is 153 Å². The third-order valence-corrected chi connectivity index (χ3v) is 4.38. The molecule has 1 aliphatic heterocycles. The van der Waals surface area contributed by atoms with Crippen molar-refractivity contribution in [3.8, 4) is 0 Å². The fraction of sp³-hybridized carbons (Fsp3) is 0.556. The number of rotatable bonds is 5. The standard InChI is InChI=1S/C18H26N4O4/c1-4-20(5-2)16(23)14-11-15(13-19-12-14)17(24)21-7-9-22(10-8-21)18(25)26-6-3/h11-13H,4-10H2,1-3H3. The van der Waals surface area contributed by atoms with Gasteiger partial charge in [-0.3, -0.25) is 14.6 Å². The van der Waals surface area contributed by atoms with E-state index in [-0.39, 0.29) is 17.9 Å². The van der Waals surface area contributed by atoms with Crippen LogP contribution in [0.5, 0.6) is 0 Å². The van der Waals surface area contributed by atoms with Crippen molar-refractivity contribution in [2.24, 2.45) is 0 Å². The average Bonchev–Trinajstić information content (AvgIpc) is 2.68. The number of amides is 3. The van der Waals surface area contributed by atoms with E-state index in [1.807, 2.05) is 13.8 Å².